The number of rotatable bonds is 5. The van der Waals surface area contributed by atoms with Crippen LogP contribution in [0.2, 0.25) is 0 Å². The van der Waals surface area contributed by atoms with E-state index in [1.807, 2.05) is 29.7 Å². The summed E-state index contributed by atoms with van der Waals surface area (Å²) in [6, 6.07) is 4.03. The Bertz CT molecular complexity index is 506. The summed E-state index contributed by atoms with van der Waals surface area (Å²) in [5.74, 6) is 0. The molecule has 2 unspecified atom stereocenters. The molecule has 0 spiro atoms. The number of nitrogens with two attached hydrogens (primary N) is 1. The molecule has 2 rings (SSSR count). The van der Waals surface area contributed by atoms with Gasteiger partial charge in [-0.3, -0.25) is 4.99 Å². The number of ether oxygens (including phenoxy) is 1. The maximum atomic E-state index is 10.8. The highest BCUT2D eigenvalue weighted by Gasteiger charge is 2.20. The van der Waals surface area contributed by atoms with Gasteiger partial charge in [0.1, 0.15) is 18.6 Å². The van der Waals surface area contributed by atoms with Gasteiger partial charge in [-0.25, -0.2) is 0 Å². The Morgan fingerprint density at radius 1 is 1.45 bits per heavy atom. The highest BCUT2D eigenvalue weighted by molar-refractivity contribution is 7.10. The third kappa shape index (κ3) is 4.43. The predicted octanol–water partition coefficient (Wildman–Crippen LogP) is 2.77. The molecule has 2 heterocycles. The molecule has 1 aliphatic rings. The van der Waals surface area contributed by atoms with E-state index in [4.69, 9.17) is 10.5 Å². The Balaban J connectivity index is 2.07. The molecular formula is C15H18N2O2S. The van der Waals surface area contributed by atoms with E-state index in [2.05, 4.69) is 4.99 Å². The van der Waals surface area contributed by atoms with Crippen LogP contribution in [-0.2, 0) is 9.53 Å². The summed E-state index contributed by atoms with van der Waals surface area (Å²) in [6.45, 7) is 0. The van der Waals surface area contributed by atoms with Gasteiger partial charge in [-0.15, -0.1) is 11.3 Å². The van der Waals surface area contributed by atoms with Crippen molar-refractivity contribution in [3.8, 4) is 0 Å². The fourth-order valence-electron chi connectivity index (χ4n) is 1.99. The summed E-state index contributed by atoms with van der Waals surface area (Å²) in [4.78, 5) is 16.4. The van der Waals surface area contributed by atoms with Crippen LogP contribution in [0.15, 0.2) is 40.9 Å². The van der Waals surface area contributed by atoms with E-state index in [-0.39, 0.29) is 12.3 Å². The van der Waals surface area contributed by atoms with Crippen LogP contribution < -0.4 is 5.73 Å². The van der Waals surface area contributed by atoms with Gasteiger partial charge in [-0.1, -0.05) is 6.07 Å². The lowest BCUT2D eigenvalue weighted by atomic mass is 10.1. The van der Waals surface area contributed by atoms with Gasteiger partial charge >= 0.3 is 0 Å². The number of hydrogen-bond acceptors (Lipinski definition) is 5. The minimum atomic E-state index is -0.332. The van der Waals surface area contributed by atoms with Crippen LogP contribution in [0.3, 0.4) is 0 Å². The van der Waals surface area contributed by atoms with Crippen LogP contribution in [0, 0.1) is 0 Å². The molecule has 1 aliphatic heterocycles. The molecule has 0 amide bonds. The molecule has 1 fully saturated rings. The standard InChI is InChI=1S/C15H18N2O2S/c16-9-8-12(6-7-14-4-2-10-20-14)17-15-5-1-3-13(11-18)19-15/h2,4,6-11,13,15H,1,3,5,16H2/b7-6+,9-8-,17-12+. The molecule has 1 aromatic heterocycles. The molecular weight excluding hydrogens is 272 g/mol. The number of nitrogens with zero attached hydrogens (tertiary/aromatic N) is 1. The van der Waals surface area contributed by atoms with Crippen molar-refractivity contribution < 1.29 is 9.53 Å². The summed E-state index contributed by atoms with van der Waals surface area (Å²) in [5.41, 5.74) is 6.19. The summed E-state index contributed by atoms with van der Waals surface area (Å²) in [6.07, 6.45) is 9.90. The van der Waals surface area contributed by atoms with E-state index < -0.39 is 0 Å². The first-order valence-electron chi connectivity index (χ1n) is 6.60. The van der Waals surface area contributed by atoms with Crippen molar-refractivity contribution in [1.82, 2.24) is 0 Å². The van der Waals surface area contributed by atoms with E-state index in [1.165, 1.54) is 6.20 Å². The van der Waals surface area contributed by atoms with Gasteiger partial charge in [0.2, 0.25) is 0 Å². The zero-order valence-electron chi connectivity index (χ0n) is 11.1. The second-order valence-electron chi connectivity index (χ2n) is 4.46. The normalized spacial score (nSPS) is 24.5. The van der Waals surface area contributed by atoms with Crippen LogP contribution >= 0.6 is 11.3 Å². The largest absolute Gasteiger partial charge is 0.405 e. The fourth-order valence-corrected chi connectivity index (χ4v) is 2.60. The molecule has 5 heteroatoms. The quantitative estimate of drug-likeness (QED) is 0.670. The minimum Gasteiger partial charge on any atom is -0.405 e. The van der Waals surface area contributed by atoms with Gasteiger partial charge in [-0.05, 0) is 55.1 Å². The first-order chi connectivity index (χ1) is 9.81. The summed E-state index contributed by atoms with van der Waals surface area (Å²) in [7, 11) is 0. The van der Waals surface area contributed by atoms with E-state index in [1.54, 1.807) is 17.4 Å². The lowest BCUT2D eigenvalue weighted by Crippen LogP contribution is -2.27. The highest BCUT2D eigenvalue weighted by Crippen LogP contribution is 2.19. The molecule has 0 saturated carbocycles. The summed E-state index contributed by atoms with van der Waals surface area (Å²) in [5, 5.41) is 2.02. The number of allylic oxidation sites excluding steroid dienone is 2. The zero-order valence-corrected chi connectivity index (χ0v) is 12.0. The van der Waals surface area contributed by atoms with E-state index >= 15 is 0 Å². The highest BCUT2D eigenvalue weighted by atomic mass is 32.1. The lowest BCUT2D eigenvalue weighted by molar-refractivity contribution is -0.125. The van der Waals surface area contributed by atoms with Crippen molar-refractivity contribution in [2.24, 2.45) is 10.7 Å². The number of aldehydes is 1. The van der Waals surface area contributed by atoms with Gasteiger partial charge in [-0.2, -0.15) is 0 Å². The average Bonchev–Trinajstić information content (AvgIpc) is 2.98. The maximum absolute atomic E-state index is 10.8. The van der Waals surface area contributed by atoms with Crippen LogP contribution in [-0.4, -0.2) is 24.3 Å². The number of carbonyl (C=O) groups is 1. The minimum absolute atomic E-state index is 0.266. The average molecular weight is 290 g/mol. The van der Waals surface area contributed by atoms with Gasteiger partial charge < -0.3 is 15.3 Å². The molecule has 0 aliphatic carbocycles. The van der Waals surface area contributed by atoms with Crippen LogP contribution in [0.1, 0.15) is 24.1 Å². The predicted molar refractivity (Wildman–Crippen MR) is 82.7 cm³/mol. The topological polar surface area (TPSA) is 64.7 Å². The second kappa shape index (κ2) is 7.77. The van der Waals surface area contributed by atoms with Crippen LogP contribution in [0.5, 0.6) is 0 Å². The SMILES string of the molecule is N\C=C/C(/C=C/c1cccs1)=N/C1CCCC(C=O)O1. The Morgan fingerprint density at radius 2 is 2.35 bits per heavy atom. The fraction of sp³-hybridized carbons (Fsp3) is 0.333. The summed E-state index contributed by atoms with van der Waals surface area (Å²) < 4.78 is 5.59. The summed E-state index contributed by atoms with van der Waals surface area (Å²) >= 11 is 1.66. The molecule has 4 nitrogen and oxygen atoms in total. The van der Waals surface area contributed by atoms with E-state index in [0.717, 1.165) is 36.1 Å². The third-order valence-corrected chi connectivity index (χ3v) is 3.78. The van der Waals surface area contributed by atoms with Gasteiger partial charge in [0, 0.05) is 4.88 Å². The van der Waals surface area contributed by atoms with Gasteiger partial charge in [0.15, 0.2) is 0 Å². The van der Waals surface area contributed by atoms with Crippen molar-refractivity contribution in [2.45, 2.75) is 31.6 Å². The number of thiophene rings is 1. The smallest absolute Gasteiger partial charge is 0.149 e. The maximum Gasteiger partial charge on any atom is 0.149 e. The molecule has 0 bridgehead atoms. The van der Waals surface area contributed by atoms with Crippen molar-refractivity contribution in [3.63, 3.8) is 0 Å². The third-order valence-electron chi connectivity index (χ3n) is 2.94. The Morgan fingerprint density at radius 3 is 3.05 bits per heavy atom. The van der Waals surface area contributed by atoms with Gasteiger partial charge in [0.25, 0.3) is 0 Å². The molecule has 2 N–H and O–H groups in total. The Labute approximate surface area is 122 Å². The van der Waals surface area contributed by atoms with Gasteiger partial charge in [0.05, 0.1) is 5.71 Å². The molecule has 2 atom stereocenters. The van der Waals surface area contributed by atoms with Crippen LogP contribution in [0.25, 0.3) is 6.08 Å². The molecule has 1 aromatic rings. The second-order valence-corrected chi connectivity index (χ2v) is 5.44. The molecule has 20 heavy (non-hydrogen) atoms. The zero-order chi connectivity index (χ0) is 14.2. The number of carbonyl (C=O) groups excluding carboxylic acids is 1. The van der Waals surface area contributed by atoms with Crippen molar-refractivity contribution >= 4 is 29.4 Å². The molecule has 1 saturated heterocycles. The van der Waals surface area contributed by atoms with Crippen molar-refractivity contribution in [3.05, 3.63) is 40.7 Å². The molecule has 0 aromatic carbocycles. The Kier molecular flexibility index (Phi) is 5.70. The van der Waals surface area contributed by atoms with E-state index in [0.29, 0.717) is 0 Å². The number of hydrogen-bond donors (Lipinski definition) is 1. The van der Waals surface area contributed by atoms with E-state index in [9.17, 15) is 4.79 Å². The monoisotopic (exact) mass is 290 g/mol. The number of aliphatic imine (C=N–C) groups is 1. The first-order valence-corrected chi connectivity index (χ1v) is 7.48. The van der Waals surface area contributed by atoms with Crippen molar-refractivity contribution in [1.29, 1.82) is 0 Å². The molecule has 0 radical (unpaired) electrons. The van der Waals surface area contributed by atoms with Crippen LogP contribution in [0.4, 0.5) is 0 Å². The lowest BCUT2D eigenvalue weighted by Gasteiger charge is -2.24. The van der Waals surface area contributed by atoms with Crippen molar-refractivity contribution in [2.75, 3.05) is 0 Å². The first kappa shape index (κ1) is 14.7. The molecule has 106 valence electrons. The Hall–Kier alpha value is -1.72.